The van der Waals surface area contributed by atoms with Crippen molar-refractivity contribution in [2.24, 2.45) is 0 Å². The first-order chi connectivity index (χ1) is 9.20. The van der Waals surface area contributed by atoms with Gasteiger partial charge in [0, 0.05) is 36.4 Å². The summed E-state index contributed by atoms with van der Waals surface area (Å²) in [6, 6.07) is 1.80. The fourth-order valence-corrected chi connectivity index (χ4v) is 2.40. The third-order valence-electron chi connectivity index (χ3n) is 3.44. The first-order valence-corrected chi connectivity index (χ1v) is 6.56. The van der Waals surface area contributed by atoms with Gasteiger partial charge in [0.2, 0.25) is 0 Å². The fraction of sp³-hybridized carbons (Fsp3) is 0.286. The molecule has 0 spiro atoms. The molecule has 0 bridgehead atoms. The summed E-state index contributed by atoms with van der Waals surface area (Å²) in [6.45, 7) is 5.81. The number of anilines is 1. The molecular weight excluding hydrogens is 262 g/mol. The van der Waals surface area contributed by atoms with Crippen LogP contribution in [0.5, 0.6) is 0 Å². The molecule has 0 amide bonds. The molecule has 3 heterocycles. The average molecular weight is 276 g/mol. The number of aliphatic hydroxyl groups is 1. The lowest BCUT2D eigenvalue weighted by Crippen LogP contribution is -2.37. The number of hydrogen-bond acceptors (Lipinski definition) is 4. The third kappa shape index (κ3) is 2.07. The molecule has 98 valence electrons. The Bertz CT molecular complexity index is 652. The number of aliphatic hydroxyl groups excluding tert-OH is 1. The molecule has 1 fully saturated rings. The number of halogens is 1. The first kappa shape index (κ1) is 12.4. The maximum absolute atomic E-state index is 9.27. The van der Waals surface area contributed by atoms with Gasteiger partial charge >= 0.3 is 0 Å². The zero-order valence-electron chi connectivity index (χ0n) is 10.4. The van der Waals surface area contributed by atoms with E-state index in [1.165, 1.54) is 6.42 Å². The molecule has 4 nitrogen and oxygen atoms in total. The van der Waals surface area contributed by atoms with Crippen molar-refractivity contribution in [2.45, 2.75) is 6.42 Å². The minimum Gasteiger partial charge on any atom is -0.392 e. The Morgan fingerprint density at radius 2 is 2.11 bits per heavy atom. The van der Waals surface area contributed by atoms with Crippen molar-refractivity contribution in [3.8, 4) is 0 Å². The zero-order chi connectivity index (χ0) is 13.4. The van der Waals surface area contributed by atoms with Crippen LogP contribution in [-0.4, -0.2) is 34.8 Å². The first-order valence-electron chi connectivity index (χ1n) is 6.19. The van der Waals surface area contributed by atoms with Crippen molar-refractivity contribution in [3.63, 3.8) is 0 Å². The van der Waals surface area contributed by atoms with Gasteiger partial charge in [-0.25, -0.2) is 9.97 Å². The molecule has 2 aromatic rings. The summed E-state index contributed by atoms with van der Waals surface area (Å²) in [4.78, 5) is 10.9. The van der Waals surface area contributed by atoms with E-state index in [9.17, 15) is 5.11 Å². The highest BCUT2D eigenvalue weighted by Crippen LogP contribution is 2.32. The molecule has 0 atom stereocenters. The lowest BCUT2D eigenvalue weighted by molar-refractivity contribution is 0.350. The van der Waals surface area contributed by atoms with Gasteiger partial charge in [-0.15, -0.1) is 0 Å². The minimum absolute atomic E-state index is 0.0974. The second kappa shape index (κ2) is 4.79. The van der Waals surface area contributed by atoms with E-state index in [0.717, 1.165) is 35.2 Å². The maximum atomic E-state index is 9.27. The van der Waals surface area contributed by atoms with E-state index in [1.54, 1.807) is 18.5 Å². The largest absolute Gasteiger partial charge is 0.392 e. The molecule has 0 saturated carbocycles. The lowest BCUT2D eigenvalue weighted by atomic mass is 10.0. The van der Waals surface area contributed by atoms with E-state index in [-0.39, 0.29) is 6.61 Å². The molecule has 1 N–H and O–H groups in total. The monoisotopic (exact) mass is 275 g/mol. The standard InChI is InChI=1S/C14H14ClN3O/c1-9(8-19)11-6-17-14(18-3-2-4-18)12-7-16-13(15)5-10(11)12/h5-7,19H,1-4,8H2. The summed E-state index contributed by atoms with van der Waals surface area (Å²) in [5.41, 5.74) is 1.46. The minimum atomic E-state index is -0.0974. The van der Waals surface area contributed by atoms with Crippen LogP contribution in [0.15, 0.2) is 25.0 Å². The fourth-order valence-electron chi connectivity index (χ4n) is 2.24. The van der Waals surface area contributed by atoms with Crippen LogP contribution in [0.2, 0.25) is 5.15 Å². The van der Waals surface area contributed by atoms with Crippen LogP contribution in [0.4, 0.5) is 5.82 Å². The van der Waals surface area contributed by atoms with Crippen LogP contribution in [0.25, 0.3) is 16.3 Å². The van der Waals surface area contributed by atoms with Gasteiger partial charge in [-0.05, 0) is 23.4 Å². The molecule has 1 saturated heterocycles. The van der Waals surface area contributed by atoms with Gasteiger partial charge in [0.1, 0.15) is 11.0 Å². The summed E-state index contributed by atoms with van der Waals surface area (Å²) >= 11 is 5.98. The van der Waals surface area contributed by atoms with Crippen molar-refractivity contribution < 1.29 is 5.11 Å². The molecule has 19 heavy (non-hydrogen) atoms. The van der Waals surface area contributed by atoms with Crippen LogP contribution in [-0.2, 0) is 0 Å². The van der Waals surface area contributed by atoms with Gasteiger partial charge < -0.3 is 10.0 Å². The lowest BCUT2D eigenvalue weighted by Gasteiger charge is -2.33. The SMILES string of the molecule is C=C(CO)c1cnc(N2CCC2)c2cnc(Cl)cc12. The number of hydrogen-bond donors (Lipinski definition) is 1. The Morgan fingerprint density at radius 1 is 1.32 bits per heavy atom. The van der Waals surface area contributed by atoms with E-state index >= 15 is 0 Å². The molecule has 0 aromatic carbocycles. The van der Waals surface area contributed by atoms with Gasteiger partial charge in [0.05, 0.1) is 6.61 Å². The quantitative estimate of drug-likeness (QED) is 0.875. The van der Waals surface area contributed by atoms with Gasteiger partial charge in [0.25, 0.3) is 0 Å². The third-order valence-corrected chi connectivity index (χ3v) is 3.65. The van der Waals surface area contributed by atoms with Crippen molar-refractivity contribution in [2.75, 3.05) is 24.6 Å². The number of nitrogens with zero attached hydrogens (tertiary/aromatic N) is 3. The number of pyridine rings is 2. The van der Waals surface area contributed by atoms with Crippen molar-refractivity contribution in [1.29, 1.82) is 0 Å². The number of rotatable bonds is 3. The van der Waals surface area contributed by atoms with Crippen LogP contribution >= 0.6 is 11.6 Å². The van der Waals surface area contributed by atoms with Gasteiger partial charge in [-0.3, -0.25) is 0 Å². The normalized spacial score (nSPS) is 14.5. The van der Waals surface area contributed by atoms with Crippen molar-refractivity contribution in [1.82, 2.24) is 9.97 Å². The second-order valence-electron chi connectivity index (χ2n) is 4.65. The van der Waals surface area contributed by atoms with Crippen LogP contribution in [0.3, 0.4) is 0 Å². The van der Waals surface area contributed by atoms with Gasteiger partial charge in [0.15, 0.2) is 0 Å². The predicted octanol–water partition coefficient (Wildman–Crippen LogP) is 2.50. The Morgan fingerprint density at radius 3 is 2.74 bits per heavy atom. The topological polar surface area (TPSA) is 49.3 Å². The molecule has 2 aromatic heterocycles. The van der Waals surface area contributed by atoms with Gasteiger partial charge in [-0.2, -0.15) is 0 Å². The molecule has 1 aliphatic heterocycles. The van der Waals surface area contributed by atoms with E-state index in [4.69, 9.17) is 11.6 Å². The van der Waals surface area contributed by atoms with Crippen molar-refractivity contribution >= 4 is 33.8 Å². The average Bonchev–Trinajstić information content (AvgIpc) is 2.36. The molecule has 3 rings (SSSR count). The van der Waals surface area contributed by atoms with E-state index < -0.39 is 0 Å². The zero-order valence-corrected chi connectivity index (χ0v) is 11.2. The van der Waals surface area contributed by atoms with Crippen LogP contribution in [0, 0.1) is 0 Å². The van der Waals surface area contributed by atoms with Crippen LogP contribution in [0.1, 0.15) is 12.0 Å². The molecule has 0 aliphatic carbocycles. The van der Waals surface area contributed by atoms with Gasteiger partial charge in [-0.1, -0.05) is 18.2 Å². The highest BCUT2D eigenvalue weighted by atomic mass is 35.5. The van der Waals surface area contributed by atoms with E-state index in [2.05, 4.69) is 21.4 Å². The number of aromatic nitrogens is 2. The molecular formula is C14H14ClN3O. The highest BCUT2D eigenvalue weighted by Gasteiger charge is 2.20. The summed E-state index contributed by atoms with van der Waals surface area (Å²) in [5.74, 6) is 0.930. The summed E-state index contributed by atoms with van der Waals surface area (Å²) < 4.78 is 0. The molecule has 1 aliphatic rings. The van der Waals surface area contributed by atoms with Crippen LogP contribution < -0.4 is 4.90 Å². The Labute approximate surface area is 116 Å². The molecule has 0 radical (unpaired) electrons. The Kier molecular flexibility index (Phi) is 3.12. The van der Waals surface area contributed by atoms with Crippen molar-refractivity contribution in [3.05, 3.63) is 35.8 Å². The summed E-state index contributed by atoms with van der Waals surface area (Å²) in [7, 11) is 0. The maximum Gasteiger partial charge on any atom is 0.138 e. The second-order valence-corrected chi connectivity index (χ2v) is 5.04. The molecule has 5 heteroatoms. The summed E-state index contributed by atoms with van der Waals surface area (Å²) in [6.07, 6.45) is 4.69. The Hall–Kier alpha value is -1.65. The summed E-state index contributed by atoms with van der Waals surface area (Å²) in [5, 5.41) is 11.6. The smallest absolute Gasteiger partial charge is 0.138 e. The highest BCUT2D eigenvalue weighted by molar-refractivity contribution is 6.30. The number of fused-ring (bicyclic) bond motifs is 1. The molecule has 0 unspecified atom stereocenters. The van der Waals surface area contributed by atoms with E-state index in [1.807, 2.05) is 0 Å². The Balaban J connectivity index is 2.24. The van der Waals surface area contributed by atoms with E-state index in [0.29, 0.717) is 10.7 Å². The predicted molar refractivity (Wildman–Crippen MR) is 77.5 cm³/mol.